The number of carbonyl (C=O) groups excluding carboxylic acids is 1. The van der Waals surface area contributed by atoms with Gasteiger partial charge in [0, 0.05) is 17.6 Å². The minimum absolute atomic E-state index is 0. The van der Waals surface area contributed by atoms with Crippen molar-refractivity contribution in [2.24, 2.45) is 11.7 Å². The minimum atomic E-state index is -4.48. The second-order valence-corrected chi connectivity index (χ2v) is 8.55. The molecule has 0 aliphatic rings. The van der Waals surface area contributed by atoms with Crippen LogP contribution in [0, 0.1) is 5.92 Å². The van der Waals surface area contributed by atoms with Gasteiger partial charge in [0.1, 0.15) is 0 Å². The molecule has 9 heteroatoms. The molecule has 5 nitrogen and oxygen atoms in total. The Hall–Kier alpha value is -1.25. The van der Waals surface area contributed by atoms with Crippen LogP contribution in [0.5, 0.6) is 0 Å². The predicted molar refractivity (Wildman–Crippen MR) is 96.7 cm³/mol. The first-order valence-corrected chi connectivity index (χ1v) is 9.32. The Labute approximate surface area is 153 Å². The molecule has 1 aromatic carbocycles. The molecular weight excluding hydrogens is 374 g/mol. The predicted octanol–water partition coefficient (Wildman–Crippen LogP) is 2.74. The second kappa shape index (κ2) is 9.45. The van der Waals surface area contributed by atoms with Gasteiger partial charge in [-0.2, -0.15) is 8.78 Å². The van der Waals surface area contributed by atoms with E-state index in [1.807, 2.05) is 20.8 Å². The molecule has 144 valence electrons. The highest BCUT2D eigenvalue weighted by Crippen LogP contribution is 2.17. The first-order valence-electron chi connectivity index (χ1n) is 7.60. The van der Waals surface area contributed by atoms with Crippen molar-refractivity contribution >= 4 is 28.2 Å². The summed E-state index contributed by atoms with van der Waals surface area (Å²) in [4.78, 5) is 12.3. The number of amides is 1. The average Bonchev–Trinajstić information content (AvgIpc) is 2.46. The maximum absolute atomic E-state index is 12.4. The van der Waals surface area contributed by atoms with E-state index in [2.05, 4.69) is 5.32 Å². The molecule has 25 heavy (non-hydrogen) atoms. The average molecular weight is 399 g/mol. The third kappa shape index (κ3) is 7.25. The molecule has 3 N–H and O–H groups in total. The number of hydrogen-bond acceptors (Lipinski definition) is 4. The van der Waals surface area contributed by atoms with Gasteiger partial charge in [0.15, 0.2) is 0 Å². The number of nitrogens with one attached hydrogen (secondary N) is 1. The van der Waals surface area contributed by atoms with Crippen LogP contribution in [0.3, 0.4) is 0 Å². The molecule has 0 fully saturated rings. The third-order valence-corrected chi connectivity index (χ3v) is 4.86. The largest absolute Gasteiger partial charge is 0.346 e. The highest BCUT2D eigenvalue weighted by atomic mass is 35.5. The van der Waals surface area contributed by atoms with E-state index < -0.39 is 26.9 Å². The number of nitrogens with two attached hydrogens (primary N) is 1. The standard InChI is InChI=1S/C16H24F2N2O3S.ClH/c1-11(2)8-16(3,10-19)20-14(21)13-6-4-12(5-7-13)9-24(22,23)15(17)18;/h4-7,11,15H,8-10,19H2,1-3H3,(H,20,21);1H. The van der Waals surface area contributed by atoms with Gasteiger partial charge in [-0.1, -0.05) is 26.0 Å². The molecule has 0 bridgehead atoms. The minimum Gasteiger partial charge on any atom is -0.346 e. The molecule has 1 amide bonds. The van der Waals surface area contributed by atoms with Crippen LogP contribution in [0.1, 0.15) is 43.1 Å². The summed E-state index contributed by atoms with van der Waals surface area (Å²) >= 11 is 0. The molecule has 0 saturated heterocycles. The first-order chi connectivity index (χ1) is 11.0. The summed E-state index contributed by atoms with van der Waals surface area (Å²) in [7, 11) is -4.48. The van der Waals surface area contributed by atoms with Crippen LogP contribution in [-0.2, 0) is 15.6 Å². The van der Waals surface area contributed by atoms with E-state index in [-0.39, 0.29) is 30.4 Å². The highest BCUT2D eigenvalue weighted by molar-refractivity contribution is 7.90. The van der Waals surface area contributed by atoms with Gasteiger partial charge in [0.2, 0.25) is 9.84 Å². The maximum Gasteiger partial charge on any atom is 0.337 e. The summed E-state index contributed by atoms with van der Waals surface area (Å²) in [5, 5.41) is 2.87. The van der Waals surface area contributed by atoms with Crippen molar-refractivity contribution in [3.05, 3.63) is 35.4 Å². The van der Waals surface area contributed by atoms with E-state index in [4.69, 9.17) is 5.73 Å². The number of sulfone groups is 1. The fourth-order valence-electron chi connectivity index (χ4n) is 2.48. The fourth-order valence-corrected chi connectivity index (χ4v) is 3.26. The lowest BCUT2D eigenvalue weighted by Gasteiger charge is -2.31. The van der Waals surface area contributed by atoms with E-state index in [9.17, 15) is 22.0 Å². The zero-order chi connectivity index (χ0) is 18.5. The molecule has 0 saturated carbocycles. The number of rotatable bonds is 8. The normalized spacial score (nSPS) is 14.1. The van der Waals surface area contributed by atoms with E-state index >= 15 is 0 Å². The van der Waals surface area contributed by atoms with Gasteiger partial charge in [0.05, 0.1) is 5.75 Å². The van der Waals surface area contributed by atoms with Crippen molar-refractivity contribution in [3.8, 4) is 0 Å². The van der Waals surface area contributed by atoms with E-state index in [0.717, 1.165) is 0 Å². The van der Waals surface area contributed by atoms with Crippen LogP contribution in [0.4, 0.5) is 8.78 Å². The summed E-state index contributed by atoms with van der Waals surface area (Å²) in [6.07, 6.45) is 0.708. The molecular formula is C16H25ClF2N2O3S. The molecule has 0 heterocycles. The van der Waals surface area contributed by atoms with Gasteiger partial charge in [-0.3, -0.25) is 4.79 Å². The zero-order valence-electron chi connectivity index (χ0n) is 14.5. The van der Waals surface area contributed by atoms with Crippen molar-refractivity contribution in [2.45, 2.75) is 44.2 Å². The molecule has 0 aromatic heterocycles. The molecule has 0 aliphatic heterocycles. The Morgan fingerprint density at radius 1 is 1.24 bits per heavy atom. The zero-order valence-corrected chi connectivity index (χ0v) is 16.1. The Morgan fingerprint density at radius 3 is 2.16 bits per heavy atom. The summed E-state index contributed by atoms with van der Waals surface area (Å²) in [6, 6.07) is 5.55. The Balaban J connectivity index is 0.00000576. The summed E-state index contributed by atoms with van der Waals surface area (Å²) < 4.78 is 47.2. The van der Waals surface area contributed by atoms with E-state index in [0.29, 0.717) is 17.9 Å². The Kier molecular flexibility index (Phi) is 8.98. The van der Waals surface area contributed by atoms with Crippen LogP contribution in [0.25, 0.3) is 0 Å². The van der Waals surface area contributed by atoms with Gasteiger partial charge in [-0.25, -0.2) is 8.42 Å². The van der Waals surface area contributed by atoms with Gasteiger partial charge in [-0.15, -0.1) is 12.4 Å². The van der Waals surface area contributed by atoms with Crippen LogP contribution < -0.4 is 11.1 Å². The van der Waals surface area contributed by atoms with Gasteiger partial charge in [-0.05, 0) is 37.0 Å². The quantitative estimate of drug-likeness (QED) is 0.704. The molecule has 0 aliphatic carbocycles. The number of halogens is 3. The van der Waals surface area contributed by atoms with Crippen LogP contribution >= 0.6 is 12.4 Å². The molecule has 1 aromatic rings. The van der Waals surface area contributed by atoms with E-state index in [1.165, 1.54) is 24.3 Å². The number of benzene rings is 1. The number of alkyl halides is 2. The van der Waals surface area contributed by atoms with Gasteiger partial charge >= 0.3 is 5.76 Å². The van der Waals surface area contributed by atoms with Crippen molar-refractivity contribution < 1.29 is 22.0 Å². The summed E-state index contributed by atoms with van der Waals surface area (Å²) in [6.45, 7) is 6.19. The molecule has 1 rings (SSSR count). The summed E-state index contributed by atoms with van der Waals surface area (Å²) in [5.74, 6) is -4.17. The Bertz CT molecular complexity index is 666. The van der Waals surface area contributed by atoms with Gasteiger partial charge < -0.3 is 11.1 Å². The van der Waals surface area contributed by atoms with Crippen molar-refractivity contribution in [1.82, 2.24) is 5.32 Å². The van der Waals surface area contributed by atoms with Crippen LogP contribution in [0.15, 0.2) is 24.3 Å². The molecule has 0 spiro atoms. The topological polar surface area (TPSA) is 89.3 Å². The molecule has 1 atom stereocenters. The first kappa shape index (κ1) is 23.8. The number of carbonyl (C=O) groups is 1. The fraction of sp³-hybridized carbons (Fsp3) is 0.562. The SMILES string of the molecule is CC(C)CC(C)(CN)NC(=O)c1ccc(CS(=O)(=O)C(F)F)cc1.Cl. The smallest absolute Gasteiger partial charge is 0.337 e. The van der Waals surface area contributed by atoms with Crippen LogP contribution in [0.2, 0.25) is 0 Å². The lowest BCUT2D eigenvalue weighted by atomic mass is 9.90. The van der Waals surface area contributed by atoms with Gasteiger partial charge in [0.25, 0.3) is 5.91 Å². The summed E-state index contributed by atoms with van der Waals surface area (Å²) in [5.41, 5.74) is 5.72. The lowest BCUT2D eigenvalue weighted by molar-refractivity contribution is 0.0898. The van der Waals surface area contributed by atoms with Crippen molar-refractivity contribution in [1.29, 1.82) is 0 Å². The maximum atomic E-state index is 12.4. The number of hydrogen-bond donors (Lipinski definition) is 2. The molecule has 1 unspecified atom stereocenters. The second-order valence-electron chi connectivity index (χ2n) is 6.58. The monoisotopic (exact) mass is 398 g/mol. The Morgan fingerprint density at radius 2 is 1.76 bits per heavy atom. The van der Waals surface area contributed by atoms with E-state index in [1.54, 1.807) is 0 Å². The highest BCUT2D eigenvalue weighted by Gasteiger charge is 2.27. The lowest BCUT2D eigenvalue weighted by Crippen LogP contribution is -2.52. The third-order valence-electron chi connectivity index (χ3n) is 3.58. The van der Waals surface area contributed by atoms with Crippen LogP contribution in [-0.4, -0.2) is 32.2 Å². The van der Waals surface area contributed by atoms with Crippen molar-refractivity contribution in [3.63, 3.8) is 0 Å². The van der Waals surface area contributed by atoms with Crippen molar-refractivity contribution in [2.75, 3.05) is 6.54 Å². The molecule has 0 radical (unpaired) electrons.